The maximum Gasteiger partial charge on any atom is 0.306 e. The topological polar surface area (TPSA) is 78.9 Å². The number of rotatable bonds is 46. The molecular weight excluding hydrogens is 793 g/mol. The normalized spacial score (nSPS) is 12.9. The summed E-state index contributed by atoms with van der Waals surface area (Å²) >= 11 is 0. The minimum absolute atomic E-state index is 0.100. The van der Waals surface area contributed by atoms with Gasteiger partial charge < -0.3 is 14.2 Å². The summed E-state index contributed by atoms with van der Waals surface area (Å²) in [5.74, 6) is -0.966. The fourth-order valence-corrected chi connectivity index (χ4v) is 6.83. The Bertz CT molecular complexity index is 1300. The summed E-state index contributed by atoms with van der Waals surface area (Å²) in [4.78, 5) is 37.9. The van der Waals surface area contributed by atoms with Crippen molar-refractivity contribution in [2.24, 2.45) is 0 Å². The van der Waals surface area contributed by atoms with Crippen molar-refractivity contribution in [1.29, 1.82) is 0 Å². The van der Waals surface area contributed by atoms with E-state index in [0.717, 1.165) is 122 Å². The van der Waals surface area contributed by atoms with Gasteiger partial charge in [-0.1, -0.05) is 195 Å². The average Bonchev–Trinajstić information content (AvgIpc) is 3.29. The maximum atomic E-state index is 12.8. The van der Waals surface area contributed by atoms with E-state index in [1.165, 1.54) is 70.6 Å². The molecule has 0 aliphatic heterocycles. The molecule has 0 spiro atoms. The van der Waals surface area contributed by atoms with Crippen LogP contribution in [0.1, 0.15) is 233 Å². The van der Waals surface area contributed by atoms with Crippen LogP contribution < -0.4 is 0 Å². The Morgan fingerprint density at radius 2 is 0.625 bits per heavy atom. The minimum atomic E-state index is -0.803. The molecule has 0 saturated heterocycles. The third-order valence-corrected chi connectivity index (χ3v) is 10.8. The lowest BCUT2D eigenvalue weighted by atomic mass is 10.1. The monoisotopic (exact) mass is 889 g/mol. The molecule has 64 heavy (non-hydrogen) atoms. The zero-order valence-corrected chi connectivity index (χ0v) is 41.5. The highest BCUT2D eigenvalue weighted by molar-refractivity contribution is 5.71. The van der Waals surface area contributed by atoms with Gasteiger partial charge in [0.05, 0.1) is 0 Å². The second-order valence-electron chi connectivity index (χ2n) is 17.0. The van der Waals surface area contributed by atoms with Gasteiger partial charge >= 0.3 is 17.9 Å². The Hall–Kier alpha value is -3.67. The molecule has 1 atom stereocenters. The lowest BCUT2D eigenvalue weighted by Gasteiger charge is -2.18. The summed E-state index contributed by atoms with van der Waals surface area (Å²) < 4.78 is 16.7. The molecule has 1 unspecified atom stereocenters. The molecule has 6 nitrogen and oxygen atoms in total. The number of carbonyl (C=O) groups excluding carboxylic acids is 3. The number of esters is 3. The first kappa shape index (κ1) is 60.3. The van der Waals surface area contributed by atoms with Crippen LogP contribution in [0.3, 0.4) is 0 Å². The minimum Gasteiger partial charge on any atom is -0.462 e. The maximum absolute atomic E-state index is 12.8. The number of hydrogen-bond donors (Lipinski definition) is 0. The van der Waals surface area contributed by atoms with Crippen molar-refractivity contribution in [1.82, 2.24) is 0 Å². The van der Waals surface area contributed by atoms with Gasteiger partial charge in [-0.05, 0) is 116 Å². The molecule has 6 heteroatoms. The van der Waals surface area contributed by atoms with Crippen molar-refractivity contribution in [3.63, 3.8) is 0 Å². The lowest BCUT2D eigenvalue weighted by Crippen LogP contribution is -2.30. The summed E-state index contributed by atoms with van der Waals surface area (Å²) in [6.45, 7) is 6.41. The molecule has 0 N–H and O–H groups in total. The van der Waals surface area contributed by atoms with Crippen LogP contribution in [0, 0.1) is 0 Å². The van der Waals surface area contributed by atoms with Gasteiger partial charge in [0, 0.05) is 19.3 Å². The molecule has 0 amide bonds. The summed E-state index contributed by atoms with van der Waals surface area (Å²) in [5, 5.41) is 0. The highest BCUT2D eigenvalue weighted by Crippen LogP contribution is 2.13. The molecule has 0 radical (unpaired) electrons. The van der Waals surface area contributed by atoms with Gasteiger partial charge in [-0.2, -0.15) is 0 Å². The Morgan fingerprint density at radius 3 is 1.05 bits per heavy atom. The number of allylic oxidation sites excluding steroid dienone is 16. The van der Waals surface area contributed by atoms with Crippen molar-refractivity contribution in [2.45, 2.75) is 239 Å². The second kappa shape index (κ2) is 52.0. The van der Waals surface area contributed by atoms with Gasteiger partial charge in [-0.15, -0.1) is 0 Å². The van der Waals surface area contributed by atoms with Crippen molar-refractivity contribution in [2.75, 3.05) is 13.2 Å². The van der Waals surface area contributed by atoms with Crippen LogP contribution in [0.2, 0.25) is 0 Å². The Balaban J connectivity index is 4.46. The number of unbranched alkanes of at least 4 members (excludes halogenated alkanes) is 19. The Morgan fingerprint density at radius 1 is 0.328 bits per heavy atom. The fourth-order valence-electron chi connectivity index (χ4n) is 6.83. The predicted molar refractivity (Wildman–Crippen MR) is 274 cm³/mol. The summed E-state index contributed by atoms with van der Waals surface area (Å²) in [6.07, 6.45) is 68.2. The third kappa shape index (κ3) is 49.3. The molecule has 0 fully saturated rings. The van der Waals surface area contributed by atoms with E-state index >= 15 is 0 Å². The summed E-state index contributed by atoms with van der Waals surface area (Å²) in [6, 6.07) is 0. The zero-order chi connectivity index (χ0) is 46.5. The van der Waals surface area contributed by atoms with Gasteiger partial charge in [0.25, 0.3) is 0 Å². The fraction of sp³-hybridized carbons (Fsp3) is 0.672. The van der Waals surface area contributed by atoms with Crippen LogP contribution in [0.15, 0.2) is 97.2 Å². The van der Waals surface area contributed by atoms with Crippen molar-refractivity contribution in [3.05, 3.63) is 97.2 Å². The van der Waals surface area contributed by atoms with Crippen molar-refractivity contribution in [3.8, 4) is 0 Å². The first-order chi connectivity index (χ1) is 31.5. The van der Waals surface area contributed by atoms with Gasteiger partial charge in [0.15, 0.2) is 6.10 Å². The summed E-state index contributed by atoms with van der Waals surface area (Å²) in [5.41, 5.74) is 0. The third-order valence-electron chi connectivity index (χ3n) is 10.8. The van der Waals surface area contributed by atoms with E-state index in [0.29, 0.717) is 19.3 Å². The summed E-state index contributed by atoms with van der Waals surface area (Å²) in [7, 11) is 0. The van der Waals surface area contributed by atoms with Gasteiger partial charge in [0.1, 0.15) is 13.2 Å². The Kier molecular flexibility index (Phi) is 49.0. The van der Waals surface area contributed by atoms with Gasteiger partial charge in [-0.3, -0.25) is 14.4 Å². The lowest BCUT2D eigenvalue weighted by molar-refractivity contribution is -0.167. The smallest absolute Gasteiger partial charge is 0.306 e. The predicted octanol–water partition coefficient (Wildman–Crippen LogP) is 17.4. The van der Waals surface area contributed by atoms with Crippen LogP contribution in [-0.4, -0.2) is 37.2 Å². The second-order valence-corrected chi connectivity index (χ2v) is 17.0. The molecule has 0 aromatic heterocycles. The largest absolute Gasteiger partial charge is 0.462 e. The molecular formula is C58H96O6. The first-order valence-corrected chi connectivity index (χ1v) is 26.2. The molecule has 0 bridgehead atoms. The van der Waals surface area contributed by atoms with E-state index in [1.807, 2.05) is 0 Å². The first-order valence-electron chi connectivity index (χ1n) is 26.2. The van der Waals surface area contributed by atoms with E-state index in [4.69, 9.17) is 14.2 Å². The molecule has 0 aromatic carbocycles. The van der Waals surface area contributed by atoms with Crippen LogP contribution >= 0.6 is 0 Å². The molecule has 0 saturated carbocycles. The van der Waals surface area contributed by atoms with E-state index in [1.54, 1.807) is 0 Å². The van der Waals surface area contributed by atoms with E-state index in [9.17, 15) is 14.4 Å². The highest BCUT2D eigenvalue weighted by Gasteiger charge is 2.19. The molecule has 0 aliphatic rings. The molecule has 0 aromatic rings. The van der Waals surface area contributed by atoms with E-state index < -0.39 is 6.10 Å². The van der Waals surface area contributed by atoms with E-state index in [2.05, 4.69) is 118 Å². The number of carbonyl (C=O) groups is 3. The van der Waals surface area contributed by atoms with Gasteiger partial charge in [-0.25, -0.2) is 0 Å². The zero-order valence-electron chi connectivity index (χ0n) is 41.5. The standard InChI is InChI=1S/C58H96O6/c1-4-7-10-13-16-19-22-24-26-27-28-29-30-31-32-34-36-39-42-45-48-51-57(60)63-54-55(53-62-56(59)50-47-44-41-38-35-21-18-15-12-9-6-3)64-58(61)52-49-46-43-40-37-33-25-23-20-17-14-11-8-5-2/h7,10,15-16,18-19,23-26,28-29,31-32,36,39,55H,4-6,8-9,11-14,17,20-22,27,30,33-35,37-38,40-54H2,1-3H3/b10-7-,18-15-,19-16-,25-23-,26-24-,29-28-,32-31-,39-36-. The molecule has 0 heterocycles. The van der Waals surface area contributed by atoms with Crippen LogP contribution in [0.25, 0.3) is 0 Å². The molecule has 364 valence electrons. The van der Waals surface area contributed by atoms with E-state index in [-0.39, 0.29) is 31.1 Å². The molecule has 0 rings (SSSR count). The number of ether oxygens (including phenoxy) is 3. The van der Waals surface area contributed by atoms with Crippen LogP contribution in [0.5, 0.6) is 0 Å². The Labute approximate surface area is 394 Å². The highest BCUT2D eigenvalue weighted by atomic mass is 16.6. The quantitative estimate of drug-likeness (QED) is 0.0262. The number of hydrogen-bond acceptors (Lipinski definition) is 6. The SMILES string of the molecule is CC/C=C\C/C=C\C/C=C\C/C=C\C/C=C\C/C=C\CCCCC(=O)OCC(COC(=O)CCCCCCC/C=C\CCCC)OC(=O)CCCCCCC/C=C\CCCCCCC. The molecule has 0 aliphatic carbocycles. The van der Waals surface area contributed by atoms with Gasteiger partial charge in [0.2, 0.25) is 0 Å². The van der Waals surface area contributed by atoms with Crippen molar-refractivity contribution >= 4 is 17.9 Å². The van der Waals surface area contributed by atoms with Crippen LogP contribution in [-0.2, 0) is 28.6 Å². The van der Waals surface area contributed by atoms with Crippen molar-refractivity contribution < 1.29 is 28.6 Å². The van der Waals surface area contributed by atoms with Crippen LogP contribution in [0.4, 0.5) is 0 Å². The average molecular weight is 889 g/mol.